The van der Waals surface area contributed by atoms with E-state index in [1.807, 2.05) is 61.5 Å². The van der Waals surface area contributed by atoms with Crippen LogP contribution in [0.3, 0.4) is 0 Å². The zero-order valence-corrected chi connectivity index (χ0v) is 16.8. The molecule has 142 valence electrons. The van der Waals surface area contributed by atoms with Gasteiger partial charge in [-0.1, -0.05) is 48.5 Å². The Balaban J connectivity index is 1.77. The zero-order chi connectivity index (χ0) is 19.7. The summed E-state index contributed by atoms with van der Waals surface area (Å²) in [5.74, 6) is -0.476. The van der Waals surface area contributed by atoms with Gasteiger partial charge in [-0.05, 0) is 35.6 Å². The van der Waals surface area contributed by atoms with Crippen molar-refractivity contribution in [2.75, 3.05) is 9.62 Å². The number of anilines is 2. The molecule has 0 saturated carbocycles. The van der Waals surface area contributed by atoms with Crippen LogP contribution in [-0.4, -0.2) is 14.2 Å². The van der Waals surface area contributed by atoms with Crippen LogP contribution in [0.15, 0.2) is 77.1 Å². The van der Waals surface area contributed by atoms with Crippen LogP contribution < -0.4 is 9.62 Å². The third-order valence-corrected chi connectivity index (χ3v) is 7.25. The topological polar surface area (TPSA) is 66.5 Å². The van der Waals surface area contributed by atoms with E-state index in [1.54, 1.807) is 11.4 Å². The minimum absolute atomic E-state index is 0.169. The van der Waals surface area contributed by atoms with Crippen LogP contribution >= 0.6 is 11.3 Å². The van der Waals surface area contributed by atoms with Gasteiger partial charge in [0.25, 0.3) is 10.0 Å². The highest BCUT2D eigenvalue weighted by molar-refractivity contribution is 7.97. The van der Waals surface area contributed by atoms with Crippen molar-refractivity contribution in [3.05, 3.63) is 93.2 Å². The van der Waals surface area contributed by atoms with Crippen LogP contribution in [-0.2, 0) is 16.6 Å². The van der Waals surface area contributed by atoms with Crippen LogP contribution in [0, 0.1) is 6.92 Å². The standard InChI is InChI=1S/C21H18N2O3S2/c1-15-7-5-6-10-17(15)22-13-19-20(24)21-18(11-12-27-21)23(28(19,25)26)14-16-8-3-2-4-9-16/h2-13,22H,14H2,1H3. The summed E-state index contributed by atoms with van der Waals surface area (Å²) in [7, 11) is -3.99. The molecule has 0 saturated heterocycles. The monoisotopic (exact) mass is 410 g/mol. The highest BCUT2D eigenvalue weighted by atomic mass is 32.2. The molecular formula is C21H18N2O3S2. The normalized spacial score (nSPS) is 16.8. The first-order valence-electron chi connectivity index (χ1n) is 8.69. The summed E-state index contributed by atoms with van der Waals surface area (Å²) < 4.78 is 27.9. The molecule has 3 aromatic rings. The number of thiophene rings is 1. The second-order valence-corrected chi connectivity index (χ2v) is 9.18. The maximum absolute atomic E-state index is 13.3. The van der Waals surface area contributed by atoms with Gasteiger partial charge >= 0.3 is 0 Å². The molecule has 0 unspecified atom stereocenters. The number of carbonyl (C=O) groups is 1. The van der Waals surface area contributed by atoms with Gasteiger partial charge in [0.1, 0.15) is 4.88 Å². The lowest BCUT2D eigenvalue weighted by molar-refractivity contribution is 0.104. The van der Waals surface area contributed by atoms with Crippen molar-refractivity contribution in [2.24, 2.45) is 0 Å². The summed E-state index contributed by atoms with van der Waals surface area (Å²) in [5.41, 5.74) is 3.00. The fourth-order valence-electron chi connectivity index (χ4n) is 3.08. The average molecular weight is 411 g/mol. The summed E-state index contributed by atoms with van der Waals surface area (Å²) in [4.78, 5) is 13.1. The molecule has 0 radical (unpaired) electrons. The minimum Gasteiger partial charge on any atom is -0.360 e. The van der Waals surface area contributed by atoms with E-state index in [0.29, 0.717) is 10.6 Å². The Hall–Kier alpha value is -2.90. The van der Waals surface area contributed by atoms with Crippen molar-refractivity contribution in [1.29, 1.82) is 0 Å². The predicted octanol–water partition coefficient (Wildman–Crippen LogP) is 4.54. The van der Waals surface area contributed by atoms with E-state index in [9.17, 15) is 13.2 Å². The molecule has 0 atom stereocenters. The summed E-state index contributed by atoms with van der Waals surface area (Å²) in [6.45, 7) is 2.08. The van der Waals surface area contributed by atoms with E-state index in [0.717, 1.165) is 16.8 Å². The van der Waals surface area contributed by atoms with Crippen molar-refractivity contribution >= 4 is 38.5 Å². The number of ketones is 1. The highest BCUT2D eigenvalue weighted by Crippen LogP contribution is 2.39. The Kier molecular flexibility index (Phi) is 4.78. The molecule has 0 spiro atoms. The Morgan fingerprint density at radius 3 is 2.50 bits per heavy atom. The number of nitrogens with one attached hydrogen (secondary N) is 1. The molecule has 0 amide bonds. The van der Waals surface area contributed by atoms with E-state index in [1.165, 1.54) is 21.8 Å². The van der Waals surface area contributed by atoms with Crippen molar-refractivity contribution in [3.8, 4) is 0 Å². The van der Waals surface area contributed by atoms with Gasteiger partial charge < -0.3 is 5.32 Å². The fourth-order valence-corrected chi connectivity index (χ4v) is 5.57. The first-order chi connectivity index (χ1) is 13.5. The minimum atomic E-state index is -3.99. The number of hydrogen-bond donors (Lipinski definition) is 1. The van der Waals surface area contributed by atoms with Gasteiger partial charge in [0, 0.05) is 11.9 Å². The third-order valence-electron chi connectivity index (χ3n) is 4.58. The van der Waals surface area contributed by atoms with Gasteiger partial charge in [0.2, 0.25) is 5.78 Å². The van der Waals surface area contributed by atoms with Gasteiger partial charge in [-0.2, -0.15) is 0 Å². The molecule has 2 heterocycles. The summed E-state index contributed by atoms with van der Waals surface area (Å²) in [6, 6.07) is 18.5. The van der Waals surface area contributed by atoms with Gasteiger partial charge in [-0.25, -0.2) is 8.42 Å². The number of para-hydroxylation sites is 1. The van der Waals surface area contributed by atoms with Crippen molar-refractivity contribution in [3.63, 3.8) is 0 Å². The average Bonchev–Trinajstić information content (AvgIpc) is 3.17. The van der Waals surface area contributed by atoms with E-state index >= 15 is 0 Å². The first-order valence-corrected chi connectivity index (χ1v) is 11.0. The lowest BCUT2D eigenvalue weighted by Gasteiger charge is -2.29. The lowest BCUT2D eigenvalue weighted by atomic mass is 10.2. The Bertz CT molecular complexity index is 1170. The number of fused-ring (bicyclic) bond motifs is 1. The van der Waals surface area contributed by atoms with Gasteiger partial charge in [-0.3, -0.25) is 9.10 Å². The van der Waals surface area contributed by atoms with Crippen molar-refractivity contribution < 1.29 is 13.2 Å². The Morgan fingerprint density at radius 1 is 1.04 bits per heavy atom. The van der Waals surface area contributed by atoms with E-state index in [4.69, 9.17) is 0 Å². The first kappa shape index (κ1) is 18.5. The maximum atomic E-state index is 13.3. The molecule has 4 rings (SSSR count). The number of carbonyl (C=O) groups excluding carboxylic acids is 1. The fraction of sp³-hybridized carbons (Fsp3) is 0.0952. The zero-order valence-electron chi connectivity index (χ0n) is 15.1. The van der Waals surface area contributed by atoms with E-state index in [2.05, 4.69) is 5.32 Å². The molecule has 1 aliphatic heterocycles. The van der Waals surface area contributed by atoms with Crippen LogP contribution in [0.25, 0.3) is 0 Å². The Labute approximate surface area is 168 Å². The molecule has 28 heavy (non-hydrogen) atoms. The van der Waals surface area contributed by atoms with E-state index < -0.39 is 15.8 Å². The number of Topliss-reactive ketones (excluding diaryl/α,β-unsaturated/α-hetero) is 1. The molecular weight excluding hydrogens is 392 g/mol. The van der Waals surface area contributed by atoms with Crippen LogP contribution in [0.1, 0.15) is 20.8 Å². The lowest BCUT2D eigenvalue weighted by Crippen LogP contribution is -2.38. The second kappa shape index (κ2) is 7.26. The predicted molar refractivity (Wildman–Crippen MR) is 113 cm³/mol. The number of benzene rings is 2. The number of rotatable bonds is 4. The summed E-state index contributed by atoms with van der Waals surface area (Å²) in [6.07, 6.45) is 1.31. The molecule has 1 N–H and O–H groups in total. The van der Waals surface area contributed by atoms with Crippen LogP contribution in [0.5, 0.6) is 0 Å². The number of allylic oxidation sites excluding steroid dienone is 1. The maximum Gasteiger partial charge on any atom is 0.270 e. The van der Waals surface area contributed by atoms with Crippen LogP contribution in [0.2, 0.25) is 0 Å². The molecule has 0 bridgehead atoms. The summed E-state index contributed by atoms with van der Waals surface area (Å²) >= 11 is 1.25. The number of nitrogens with zero attached hydrogens (tertiary/aromatic N) is 1. The van der Waals surface area contributed by atoms with Crippen molar-refractivity contribution in [2.45, 2.75) is 13.5 Å². The SMILES string of the molecule is Cc1ccccc1NC=C1C(=O)c2sccc2N(Cc2ccccc2)S1(=O)=O. The van der Waals surface area contributed by atoms with Gasteiger partial charge in [0.15, 0.2) is 4.91 Å². The number of hydrogen-bond acceptors (Lipinski definition) is 5. The molecule has 2 aromatic carbocycles. The third kappa shape index (κ3) is 3.23. The van der Waals surface area contributed by atoms with Crippen molar-refractivity contribution in [1.82, 2.24) is 0 Å². The quantitative estimate of drug-likeness (QED) is 0.641. The molecule has 5 nitrogen and oxygen atoms in total. The molecule has 1 aliphatic rings. The van der Waals surface area contributed by atoms with Gasteiger partial charge in [0.05, 0.1) is 12.2 Å². The molecule has 1 aromatic heterocycles. The van der Waals surface area contributed by atoms with Gasteiger partial charge in [-0.15, -0.1) is 11.3 Å². The number of sulfonamides is 1. The Morgan fingerprint density at radius 2 is 1.75 bits per heavy atom. The largest absolute Gasteiger partial charge is 0.360 e. The molecule has 0 fully saturated rings. The van der Waals surface area contributed by atoms with Crippen LogP contribution in [0.4, 0.5) is 11.4 Å². The summed E-state index contributed by atoms with van der Waals surface area (Å²) in [5, 5.41) is 4.74. The molecule has 7 heteroatoms. The molecule has 0 aliphatic carbocycles. The van der Waals surface area contributed by atoms with E-state index in [-0.39, 0.29) is 11.4 Å². The number of aryl methyl sites for hydroxylation is 1. The second-order valence-electron chi connectivity index (χ2n) is 6.43. The highest BCUT2D eigenvalue weighted by Gasteiger charge is 2.41. The smallest absolute Gasteiger partial charge is 0.270 e.